The third kappa shape index (κ3) is 17.7. The van der Waals surface area contributed by atoms with Crippen LogP contribution < -0.4 is 0 Å². The lowest BCUT2D eigenvalue weighted by Crippen LogP contribution is -2.24. The molecule has 4 heteroatoms. The van der Waals surface area contributed by atoms with E-state index in [9.17, 15) is 5.11 Å². The first-order valence-electron chi connectivity index (χ1n) is 13.6. The maximum atomic E-state index is 9.48. The van der Waals surface area contributed by atoms with Crippen molar-refractivity contribution in [1.82, 2.24) is 0 Å². The van der Waals surface area contributed by atoms with Gasteiger partial charge in [-0.25, -0.2) is 0 Å². The molecule has 188 valence electrons. The van der Waals surface area contributed by atoms with Gasteiger partial charge in [0.25, 0.3) is 0 Å². The molecule has 0 saturated carbocycles. The second-order valence-electron chi connectivity index (χ2n) is 9.30. The summed E-state index contributed by atoms with van der Waals surface area (Å²) in [5, 5.41) is 18.3. The van der Waals surface area contributed by atoms with E-state index < -0.39 is 0 Å². The van der Waals surface area contributed by atoms with E-state index in [0.717, 1.165) is 18.6 Å². The number of ether oxygens (including phenoxy) is 2. The van der Waals surface area contributed by atoms with Gasteiger partial charge in [0.1, 0.15) is 6.10 Å². The lowest BCUT2D eigenvalue weighted by molar-refractivity contribution is -0.0502. The highest BCUT2D eigenvalue weighted by molar-refractivity contribution is 5.31. The minimum Gasteiger partial charge on any atom is -0.394 e. The van der Waals surface area contributed by atoms with E-state index in [1.54, 1.807) is 12.1 Å². The van der Waals surface area contributed by atoms with Gasteiger partial charge >= 0.3 is 0 Å². The second-order valence-corrected chi connectivity index (χ2v) is 9.30. The Bertz CT molecular complexity index is 582. The van der Waals surface area contributed by atoms with Crippen molar-refractivity contribution in [2.24, 2.45) is 0 Å². The van der Waals surface area contributed by atoms with Crippen molar-refractivity contribution in [3.8, 4) is 6.07 Å². The summed E-state index contributed by atoms with van der Waals surface area (Å²) in [5.41, 5.74) is 1.63. The molecule has 0 spiro atoms. The minimum absolute atomic E-state index is 0.0464. The number of nitrogens with zero attached hydrogens (tertiary/aromatic N) is 1. The maximum absolute atomic E-state index is 9.48. The first-order chi connectivity index (χ1) is 16.3. The van der Waals surface area contributed by atoms with Gasteiger partial charge in [0, 0.05) is 6.61 Å². The van der Waals surface area contributed by atoms with Crippen molar-refractivity contribution in [3.05, 3.63) is 35.4 Å². The first kappa shape index (κ1) is 29.6. The van der Waals surface area contributed by atoms with E-state index in [0.29, 0.717) is 18.8 Å². The van der Waals surface area contributed by atoms with Crippen LogP contribution in [0.5, 0.6) is 0 Å². The van der Waals surface area contributed by atoms with Gasteiger partial charge in [-0.2, -0.15) is 5.26 Å². The summed E-state index contributed by atoms with van der Waals surface area (Å²) >= 11 is 0. The maximum Gasteiger partial charge on any atom is 0.104 e. The van der Waals surface area contributed by atoms with Crippen LogP contribution in [0.1, 0.15) is 121 Å². The lowest BCUT2D eigenvalue weighted by Gasteiger charge is -2.16. The lowest BCUT2D eigenvalue weighted by atomic mass is 10.0. The van der Waals surface area contributed by atoms with Gasteiger partial charge in [-0.05, 0) is 24.1 Å². The molecule has 0 aliphatic heterocycles. The van der Waals surface area contributed by atoms with Crippen LogP contribution in [0.25, 0.3) is 0 Å². The van der Waals surface area contributed by atoms with Crippen molar-refractivity contribution >= 4 is 0 Å². The molecule has 0 radical (unpaired) electrons. The highest BCUT2D eigenvalue weighted by Gasteiger charge is 2.08. The SMILES string of the molecule is CCCCCCCCCCCCCCCCCCOC[C@H](CO)OCc1ccc(C#N)cc1. The Morgan fingerprint density at radius 2 is 1.24 bits per heavy atom. The molecule has 33 heavy (non-hydrogen) atoms. The predicted molar refractivity (Wildman–Crippen MR) is 137 cm³/mol. The summed E-state index contributed by atoms with van der Waals surface area (Å²) < 4.78 is 11.4. The molecule has 0 aliphatic rings. The standard InChI is InChI=1S/C29H49NO3/c1-2-3-4-5-6-7-8-9-10-11-12-13-14-15-16-17-22-32-26-29(24-31)33-25-28-20-18-27(23-30)19-21-28/h18-21,29,31H,2-17,22,24-26H2,1H3/t29-/m0/s1. The first-order valence-corrected chi connectivity index (χ1v) is 13.6. The number of rotatable bonds is 23. The Morgan fingerprint density at radius 3 is 1.70 bits per heavy atom. The molecule has 1 atom stereocenters. The summed E-state index contributed by atoms with van der Waals surface area (Å²) in [7, 11) is 0. The van der Waals surface area contributed by atoms with Crippen molar-refractivity contribution in [2.75, 3.05) is 19.8 Å². The molecule has 0 aliphatic carbocycles. The monoisotopic (exact) mass is 459 g/mol. The number of benzene rings is 1. The predicted octanol–water partition coefficient (Wildman–Crippen LogP) is 7.71. The Labute approximate surface area is 203 Å². The van der Waals surface area contributed by atoms with Gasteiger partial charge in [-0.3, -0.25) is 0 Å². The van der Waals surface area contributed by atoms with Crippen molar-refractivity contribution in [1.29, 1.82) is 5.26 Å². The number of hydrogen-bond donors (Lipinski definition) is 1. The third-order valence-electron chi connectivity index (χ3n) is 6.22. The molecule has 1 aromatic rings. The molecular formula is C29H49NO3. The number of unbranched alkanes of at least 4 members (excludes halogenated alkanes) is 15. The molecule has 0 aromatic heterocycles. The van der Waals surface area contributed by atoms with Gasteiger partial charge in [0.15, 0.2) is 0 Å². The van der Waals surface area contributed by atoms with Crippen LogP contribution in [0.2, 0.25) is 0 Å². The summed E-state index contributed by atoms with van der Waals surface area (Å²) in [4.78, 5) is 0. The van der Waals surface area contributed by atoms with Crippen molar-refractivity contribution < 1.29 is 14.6 Å². The average Bonchev–Trinajstić information content (AvgIpc) is 2.85. The van der Waals surface area contributed by atoms with Crippen LogP contribution in [0, 0.1) is 11.3 Å². The Kier molecular flexibility index (Phi) is 20.1. The van der Waals surface area contributed by atoms with Crippen LogP contribution in [0.3, 0.4) is 0 Å². The zero-order valence-electron chi connectivity index (χ0n) is 21.2. The van der Waals surface area contributed by atoms with Crippen molar-refractivity contribution in [2.45, 2.75) is 122 Å². The fourth-order valence-electron chi connectivity index (χ4n) is 4.01. The van der Waals surface area contributed by atoms with Gasteiger partial charge in [-0.15, -0.1) is 0 Å². The highest BCUT2D eigenvalue weighted by Crippen LogP contribution is 2.14. The van der Waals surface area contributed by atoms with E-state index in [2.05, 4.69) is 13.0 Å². The molecule has 0 unspecified atom stereocenters. The molecule has 0 heterocycles. The van der Waals surface area contributed by atoms with E-state index in [1.165, 1.54) is 96.3 Å². The fraction of sp³-hybridized carbons (Fsp3) is 0.759. The molecule has 0 saturated heterocycles. The molecule has 0 amide bonds. The van der Waals surface area contributed by atoms with Crippen molar-refractivity contribution in [3.63, 3.8) is 0 Å². The Balaban J connectivity index is 1.84. The largest absolute Gasteiger partial charge is 0.394 e. The van der Waals surface area contributed by atoms with E-state index in [1.807, 2.05) is 12.1 Å². The Hall–Kier alpha value is -1.41. The summed E-state index contributed by atoms with van der Waals surface area (Å²) in [6.45, 7) is 3.80. The van der Waals surface area contributed by atoms with Crippen LogP contribution in [-0.4, -0.2) is 31.0 Å². The molecule has 1 rings (SSSR count). The zero-order chi connectivity index (χ0) is 23.8. The minimum atomic E-state index is -0.304. The summed E-state index contributed by atoms with van der Waals surface area (Å²) in [6, 6.07) is 9.42. The smallest absolute Gasteiger partial charge is 0.104 e. The van der Waals surface area contributed by atoms with Crippen LogP contribution >= 0.6 is 0 Å². The Morgan fingerprint density at radius 1 is 0.758 bits per heavy atom. The molecular weight excluding hydrogens is 410 g/mol. The number of aliphatic hydroxyl groups is 1. The third-order valence-corrected chi connectivity index (χ3v) is 6.22. The topological polar surface area (TPSA) is 62.5 Å². The van der Waals surface area contributed by atoms with Gasteiger partial charge in [0.2, 0.25) is 0 Å². The van der Waals surface area contributed by atoms with Crippen LogP contribution in [-0.2, 0) is 16.1 Å². The molecule has 1 N–H and O–H groups in total. The summed E-state index contributed by atoms with van der Waals surface area (Å²) in [6.07, 6.45) is 21.6. The second kappa shape index (κ2) is 22.4. The van der Waals surface area contributed by atoms with Gasteiger partial charge in [0.05, 0.1) is 31.5 Å². The van der Waals surface area contributed by atoms with Gasteiger partial charge in [-0.1, -0.05) is 115 Å². The quantitative estimate of drug-likeness (QED) is 0.170. The highest BCUT2D eigenvalue weighted by atomic mass is 16.5. The fourth-order valence-corrected chi connectivity index (χ4v) is 4.01. The zero-order valence-corrected chi connectivity index (χ0v) is 21.2. The average molecular weight is 460 g/mol. The van der Waals surface area contributed by atoms with E-state index in [-0.39, 0.29) is 12.7 Å². The van der Waals surface area contributed by atoms with Crippen LogP contribution in [0.4, 0.5) is 0 Å². The molecule has 1 aromatic carbocycles. The molecule has 4 nitrogen and oxygen atoms in total. The van der Waals surface area contributed by atoms with E-state index >= 15 is 0 Å². The normalized spacial score (nSPS) is 12.0. The molecule has 0 bridgehead atoms. The number of hydrogen-bond acceptors (Lipinski definition) is 4. The summed E-state index contributed by atoms with van der Waals surface area (Å²) in [5.74, 6) is 0. The van der Waals surface area contributed by atoms with Gasteiger partial charge < -0.3 is 14.6 Å². The number of nitriles is 1. The van der Waals surface area contributed by atoms with Crippen LogP contribution in [0.15, 0.2) is 24.3 Å². The van der Waals surface area contributed by atoms with E-state index in [4.69, 9.17) is 14.7 Å². The number of aliphatic hydroxyl groups excluding tert-OH is 1. The molecule has 0 fully saturated rings.